The summed E-state index contributed by atoms with van der Waals surface area (Å²) in [5.41, 5.74) is 0.507. The molecule has 1 N–H and O–H groups in total. The van der Waals surface area contributed by atoms with Crippen molar-refractivity contribution < 1.29 is 9.90 Å². The molecule has 1 aromatic heterocycles. The Morgan fingerprint density at radius 1 is 1.47 bits per heavy atom. The summed E-state index contributed by atoms with van der Waals surface area (Å²) < 4.78 is 0.990. The van der Waals surface area contributed by atoms with Crippen molar-refractivity contribution in [1.29, 1.82) is 0 Å². The number of piperidine rings is 1. The fraction of sp³-hybridized carbons (Fsp3) is 0.545. The highest BCUT2D eigenvalue weighted by Gasteiger charge is 2.21. The van der Waals surface area contributed by atoms with Gasteiger partial charge in [0, 0.05) is 13.1 Å². The average Bonchev–Trinajstić information content (AvgIpc) is 2.61. The van der Waals surface area contributed by atoms with E-state index in [1.54, 1.807) is 6.07 Å². The molecule has 1 aliphatic heterocycles. The van der Waals surface area contributed by atoms with E-state index in [0.29, 0.717) is 20.8 Å². The van der Waals surface area contributed by atoms with Gasteiger partial charge in [0.1, 0.15) is 4.34 Å². The lowest BCUT2D eigenvalue weighted by Gasteiger charge is -2.28. The molecule has 0 unspecified atom stereocenters. The lowest BCUT2D eigenvalue weighted by Crippen LogP contribution is -2.38. The lowest BCUT2D eigenvalue weighted by molar-refractivity contribution is 0.0711. The summed E-state index contributed by atoms with van der Waals surface area (Å²) in [7, 11) is 0. The summed E-state index contributed by atoms with van der Waals surface area (Å²) in [6.45, 7) is 1.85. The first kappa shape index (κ1) is 13.3. The molecular formula is C11H13Cl2NO2S. The zero-order valence-electron chi connectivity index (χ0n) is 9.16. The van der Waals surface area contributed by atoms with Crippen LogP contribution in [-0.4, -0.2) is 41.5 Å². The minimum absolute atomic E-state index is 0.00506. The molecule has 2 heterocycles. The third-order valence-electron chi connectivity index (χ3n) is 2.88. The molecule has 0 amide bonds. The Morgan fingerprint density at radius 2 is 2.12 bits per heavy atom. The molecule has 1 saturated heterocycles. The van der Waals surface area contributed by atoms with Crippen LogP contribution < -0.4 is 0 Å². The molecule has 0 aliphatic carbocycles. The van der Waals surface area contributed by atoms with Crippen LogP contribution in [0.25, 0.3) is 0 Å². The molecule has 0 saturated carbocycles. The van der Waals surface area contributed by atoms with Crippen LogP contribution in [0.2, 0.25) is 8.67 Å². The number of aliphatic hydroxyl groups is 1. The fourth-order valence-corrected chi connectivity index (χ4v) is 3.40. The minimum atomic E-state index is -0.222. The van der Waals surface area contributed by atoms with Gasteiger partial charge in [0.15, 0.2) is 5.78 Å². The van der Waals surface area contributed by atoms with E-state index in [0.717, 1.165) is 25.9 Å². The van der Waals surface area contributed by atoms with Crippen LogP contribution in [0.5, 0.6) is 0 Å². The topological polar surface area (TPSA) is 40.5 Å². The third-order valence-corrected chi connectivity index (χ3v) is 4.37. The van der Waals surface area contributed by atoms with Crippen LogP contribution >= 0.6 is 34.5 Å². The second kappa shape index (κ2) is 5.67. The molecule has 1 aromatic rings. The Balaban J connectivity index is 1.95. The Kier molecular flexibility index (Phi) is 4.44. The monoisotopic (exact) mass is 293 g/mol. The van der Waals surface area contributed by atoms with E-state index in [9.17, 15) is 9.90 Å². The average molecular weight is 294 g/mol. The number of rotatable bonds is 3. The maximum absolute atomic E-state index is 12.0. The smallest absolute Gasteiger partial charge is 0.179 e. The van der Waals surface area contributed by atoms with Crippen LogP contribution in [0.3, 0.4) is 0 Å². The summed E-state index contributed by atoms with van der Waals surface area (Å²) >= 11 is 13.0. The van der Waals surface area contributed by atoms with Crippen LogP contribution in [0, 0.1) is 0 Å². The van der Waals surface area contributed by atoms with E-state index >= 15 is 0 Å². The van der Waals surface area contributed by atoms with Gasteiger partial charge >= 0.3 is 0 Å². The van der Waals surface area contributed by atoms with E-state index in [2.05, 4.69) is 0 Å². The van der Waals surface area contributed by atoms with E-state index in [1.165, 1.54) is 11.3 Å². The highest BCUT2D eigenvalue weighted by Crippen LogP contribution is 2.31. The molecule has 94 valence electrons. The number of aliphatic hydroxyl groups excluding tert-OH is 1. The Morgan fingerprint density at radius 3 is 2.65 bits per heavy atom. The molecule has 0 aromatic carbocycles. The van der Waals surface area contributed by atoms with Crippen molar-refractivity contribution in [1.82, 2.24) is 4.90 Å². The number of hydrogen-bond donors (Lipinski definition) is 1. The zero-order valence-corrected chi connectivity index (χ0v) is 11.5. The summed E-state index contributed by atoms with van der Waals surface area (Å²) in [5.74, 6) is -0.00506. The molecule has 0 spiro atoms. The predicted molar refractivity (Wildman–Crippen MR) is 70.4 cm³/mol. The van der Waals surface area contributed by atoms with E-state index in [1.807, 2.05) is 4.90 Å². The maximum Gasteiger partial charge on any atom is 0.179 e. The summed E-state index contributed by atoms with van der Waals surface area (Å²) in [5, 5.41) is 9.38. The number of nitrogens with zero attached hydrogens (tertiary/aromatic N) is 1. The maximum atomic E-state index is 12.0. The number of Topliss-reactive ketones (excluding diaryl/α,β-unsaturated/α-hetero) is 1. The lowest BCUT2D eigenvalue weighted by atomic mass is 10.1. The minimum Gasteiger partial charge on any atom is -0.393 e. The van der Waals surface area contributed by atoms with Gasteiger partial charge < -0.3 is 5.11 Å². The number of carbonyl (C=O) groups excluding carboxylic acids is 1. The van der Waals surface area contributed by atoms with Gasteiger partial charge in [-0.3, -0.25) is 9.69 Å². The first-order chi connectivity index (χ1) is 8.06. The number of halogens is 2. The van der Waals surface area contributed by atoms with Crippen molar-refractivity contribution in [2.45, 2.75) is 18.9 Å². The molecule has 0 atom stereocenters. The van der Waals surface area contributed by atoms with Gasteiger partial charge in [-0.05, 0) is 18.9 Å². The largest absolute Gasteiger partial charge is 0.393 e. The normalized spacial score (nSPS) is 18.5. The first-order valence-corrected chi connectivity index (χ1v) is 7.02. The van der Waals surface area contributed by atoms with Crippen molar-refractivity contribution in [3.05, 3.63) is 20.3 Å². The molecule has 1 aliphatic rings. The van der Waals surface area contributed by atoms with Gasteiger partial charge in [0.25, 0.3) is 0 Å². The second-order valence-corrected chi connectivity index (χ2v) is 6.45. The van der Waals surface area contributed by atoms with Crippen LogP contribution in [0.4, 0.5) is 0 Å². The van der Waals surface area contributed by atoms with Gasteiger partial charge in [-0.1, -0.05) is 23.2 Å². The Bertz CT molecular complexity index is 414. The van der Waals surface area contributed by atoms with Gasteiger partial charge in [-0.2, -0.15) is 0 Å². The third kappa shape index (κ3) is 3.42. The highest BCUT2D eigenvalue weighted by molar-refractivity contribution is 7.20. The first-order valence-electron chi connectivity index (χ1n) is 5.44. The summed E-state index contributed by atoms with van der Waals surface area (Å²) in [4.78, 5) is 14.0. The van der Waals surface area contributed by atoms with E-state index < -0.39 is 0 Å². The molecular weight excluding hydrogens is 281 g/mol. The molecule has 6 heteroatoms. The van der Waals surface area contributed by atoms with Crippen molar-refractivity contribution in [2.24, 2.45) is 0 Å². The molecule has 1 fully saturated rings. The van der Waals surface area contributed by atoms with Crippen molar-refractivity contribution >= 4 is 40.3 Å². The SMILES string of the molecule is O=C(CN1CCC(O)CC1)c1cc(Cl)sc1Cl. The fourth-order valence-electron chi connectivity index (χ4n) is 1.90. The number of likely N-dealkylation sites (tertiary alicyclic amines) is 1. The van der Waals surface area contributed by atoms with Crippen molar-refractivity contribution in [3.8, 4) is 0 Å². The number of carbonyl (C=O) groups is 1. The predicted octanol–water partition coefficient (Wildman–Crippen LogP) is 2.69. The van der Waals surface area contributed by atoms with Gasteiger partial charge in [0.2, 0.25) is 0 Å². The van der Waals surface area contributed by atoms with E-state index in [4.69, 9.17) is 23.2 Å². The molecule has 17 heavy (non-hydrogen) atoms. The number of thiophene rings is 1. The van der Waals surface area contributed by atoms with Gasteiger partial charge in [-0.15, -0.1) is 11.3 Å². The Labute approximate surface area is 114 Å². The molecule has 2 rings (SSSR count). The second-order valence-electron chi connectivity index (χ2n) is 4.17. The van der Waals surface area contributed by atoms with Crippen molar-refractivity contribution in [3.63, 3.8) is 0 Å². The zero-order chi connectivity index (χ0) is 12.4. The number of hydrogen-bond acceptors (Lipinski definition) is 4. The Hall–Kier alpha value is -0.130. The highest BCUT2D eigenvalue weighted by atomic mass is 35.5. The van der Waals surface area contributed by atoms with Crippen LogP contribution in [0.15, 0.2) is 6.07 Å². The molecule has 3 nitrogen and oxygen atoms in total. The van der Waals surface area contributed by atoms with Crippen LogP contribution in [0.1, 0.15) is 23.2 Å². The number of ketones is 1. The molecule has 0 radical (unpaired) electrons. The standard InChI is InChI=1S/C11H13Cl2NO2S/c12-10-5-8(11(13)17-10)9(16)6-14-3-1-7(15)2-4-14/h5,7,15H,1-4,6H2. The van der Waals surface area contributed by atoms with Crippen molar-refractivity contribution in [2.75, 3.05) is 19.6 Å². The van der Waals surface area contributed by atoms with Gasteiger partial charge in [-0.25, -0.2) is 0 Å². The van der Waals surface area contributed by atoms with Crippen LogP contribution in [-0.2, 0) is 0 Å². The van der Waals surface area contributed by atoms with Gasteiger partial charge in [0.05, 0.1) is 22.5 Å². The van der Waals surface area contributed by atoms with E-state index in [-0.39, 0.29) is 11.9 Å². The summed E-state index contributed by atoms with van der Waals surface area (Å²) in [6.07, 6.45) is 1.23. The quantitative estimate of drug-likeness (QED) is 0.871. The molecule has 0 bridgehead atoms. The summed E-state index contributed by atoms with van der Waals surface area (Å²) in [6, 6.07) is 1.62.